The minimum atomic E-state index is -0.686. The molecule has 8 nitrogen and oxygen atoms in total. The Morgan fingerprint density at radius 2 is 1.86 bits per heavy atom. The summed E-state index contributed by atoms with van der Waals surface area (Å²) in [6.07, 6.45) is 2.88. The second kappa shape index (κ2) is 9.18. The van der Waals surface area contributed by atoms with E-state index in [2.05, 4.69) is 6.07 Å². The van der Waals surface area contributed by atoms with E-state index < -0.39 is 10.9 Å². The molecule has 3 rings (SSSR count). The molecule has 0 aliphatic heterocycles. The summed E-state index contributed by atoms with van der Waals surface area (Å²) in [7, 11) is 1.72. The number of nitrogens with zero attached hydrogens (tertiary/aromatic N) is 2. The zero-order valence-electron chi connectivity index (χ0n) is 16.1. The van der Waals surface area contributed by atoms with E-state index in [1.807, 2.05) is 18.2 Å². The van der Waals surface area contributed by atoms with Crippen molar-refractivity contribution in [3.8, 4) is 5.75 Å². The number of nitro groups is 1. The van der Waals surface area contributed by atoms with Crippen LogP contribution in [-0.4, -0.2) is 42.0 Å². The van der Waals surface area contributed by atoms with Crippen molar-refractivity contribution in [1.82, 2.24) is 4.90 Å². The molecule has 0 saturated carbocycles. The Morgan fingerprint density at radius 3 is 2.59 bits per heavy atom. The molecule has 1 amide bonds. The maximum atomic E-state index is 12.5. The summed E-state index contributed by atoms with van der Waals surface area (Å²) in [5, 5.41) is 10.6. The van der Waals surface area contributed by atoms with Crippen LogP contribution in [-0.2, 0) is 20.7 Å². The summed E-state index contributed by atoms with van der Waals surface area (Å²) in [6, 6.07) is 13.4. The van der Waals surface area contributed by atoms with E-state index in [9.17, 15) is 19.7 Å². The first-order valence-electron chi connectivity index (χ1n) is 9.32. The van der Waals surface area contributed by atoms with Crippen LogP contribution in [0.4, 0.5) is 5.69 Å². The maximum absolute atomic E-state index is 12.5. The number of rotatable bonds is 7. The predicted molar refractivity (Wildman–Crippen MR) is 104 cm³/mol. The highest BCUT2D eigenvalue weighted by Gasteiger charge is 2.27. The van der Waals surface area contributed by atoms with Crippen molar-refractivity contribution in [2.24, 2.45) is 0 Å². The number of amides is 1. The zero-order valence-corrected chi connectivity index (χ0v) is 16.1. The molecular weight excluding hydrogens is 376 g/mol. The van der Waals surface area contributed by atoms with Crippen LogP contribution in [0.15, 0.2) is 48.5 Å². The zero-order chi connectivity index (χ0) is 20.8. The van der Waals surface area contributed by atoms with Gasteiger partial charge in [-0.3, -0.25) is 14.9 Å². The Kier molecular flexibility index (Phi) is 6.43. The molecule has 0 unspecified atom stereocenters. The van der Waals surface area contributed by atoms with Gasteiger partial charge in [-0.1, -0.05) is 24.3 Å². The van der Waals surface area contributed by atoms with Crippen molar-refractivity contribution in [1.29, 1.82) is 0 Å². The average Bonchev–Trinajstić information content (AvgIpc) is 2.75. The van der Waals surface area contributed by atoms with Crippen LogP contribution in [0.25, 0.3) is 0 Å². The Hall–Kier alpha value is -3.42. The van der Waals surface area contributed by atoms with E-state index in [0.29, 0.717) is 5.75 Å². The van der Waals surface area contributed by atoms with E-state index in [4.69, 9.17) is 9.47 Å². The van der Waals surface area contributed by atoms with Gasteiger partial charge in [0.25, 0.3) is 11.6 Å². The third-order valence-corrected chi connectivity index (χ3v) is 4.96. The predicted octanol–water partition coefficient (Wildman–Crippen LogP) is 3.05. The van der Waals surface area contributed by atoms with Gasteiger partial charge in [-0.25, -0.2) is 4.79 Å². The second-order valence-corrected chi connectivity index (χ2v) is 6.81. The van der Waals surface area contributed by atoms with Crippen molar-refractivity contribution < 1.29 is 24.0 Å². The molecule has 0 fully saturated rings. The third kappa shape index (κ3) is 5.10. The van der Waals surface area contributed by atoms with Crippen LogP contribution in [0.5, 0.6) is 5.75 Å². The summed E-state index contributed by atoms with van der Waals surface area (Å²) >= 11 is 0. The summed E-state index contributed by atoms with van der Waals surface area (Å²) in [5.41, 5.74) is 2.32. The Balaban J connectivity index is 1.47. The molecule has 8 heteroatoms. The van der Waals surface area contributed by atoms with Gasteiger partial charge in [-0.15, -0.1) is 0 Å². The summed E-state index contributed by atoms with van der Waals surface area (Å²) in [4.78, 5) is 36.1. The first-order valence-corrected chi connectivity index (χ1v) is 9.32. The fourth-order valence-electron chi connectivity index (χ4n) is 3.40. The molecule has 0 radical (unpaired) electrons. The normalized spacial score (nSPS) is 15.1. The quantitative estimate of drug-likeness (QED) is 0.404. The molecule has 1 atom stereocenters. The lowest BCUT2D eigenvalue weighted by Crippen LogP contribution is -2.36. The van der Waals surface area contributed by atoms with Gasteiger partial charge < -0.3 is 14.4 Å². The van der Waals surface area contributed by atoms with Crippen LogP contribution in [0, 0.1) is 10.1 Å². The average molecular weight is 398 g/mol. The maximum Gasteiger partial charge on any atom is 0.344 e. The minimum Gasteiger partial charge on any atom is -0.482 e. The van der Waals surface area contributed by atoms with Crippen LogP contribution < -0.4 is 4.74 Å². The molecule has 1 aliphatic rings. The van der Waals surface area contributed by atoms with Crippen molar-refractivity contribution in [3.63, 3.8) is 0 Å². The lowest BCUT2D eigenvalue weighted by Gasteiger charge is -2.33. The van der Waals surface area contributed by atoms with Crippen molar-refractivity contribution >= 4 is 17.6 Å². The minimum absolute atomic E-state index is 0.0255. The summed E-state index contributed by atoms with van der Waals surface area (Å²) in [5.74, 6) is -0.667. The van der Waals surface area contributed by atoms with Crippen LogP contribution in [0.3, 0.4) is 0 Å². The summed E-state index contributed by atoms with van der Waals surface area (Å²) < 4.78 is 10.3. The van der Waals surface area contributed by atoms with Gasteiger partial charge in [0.15, 0.2) is 13.2 Å². The van der Waals surface area contributed by atoms with Gasteiger partial charge in [0.1, 0.15) is 5.75 Å². The number of aryl methyl sites for hydroxylation is 1. The van der Waals surface area contributed by atoms with Crippen molar-refractivity contribution in [2.45, 2.75) is 25.3 Å². The molecule has 1 aliphatic carbocycles. The number of fused-ring (bicyclic) bond motifs is 1. The monoisotopic (exact) mass is 398 g/mol. The molecule has 0 bridgehead atoms. The molecule has 152 valence electrons. The highest BCUT2D eigenvalue weighted by atomic mass is 16.6. The van der Waals surface area contributed by atoms with Gasteiger partial charge >= 0.3 is 5.97 Å². The van der Waals surface area contributed by atoms with E-state index in [1.165, 1.54) is 29.8 Å². The van der Waals surface area contributed by atoms with Crippen molar-refractivity contribution in [3.05, 3.63) is 69.8 Å². The number of non-ortho nitro benzene ring substituents is 1. The topological polar surface area (TPSA) is 99.0 Å². The number of nitro benzene ring substituents is 1. The largest absolute Gasteiger partial charge is 0.482 e. The fourth-order valence-corrected chi connectivity index (χ4v) is 3.40. The number of carbonyl (C=O) groups is 2. The Morgan fingerprint density at radius 1 is 1.14 bits per heavy atom. The molecule has 0 heterocycles. The number of hydrogen-bond donors (Lipinski definition) is 0. The number of ether oxygens (including phenoxy) is 2. The Bertz CT molecular complexity index is 896. The molecule has 2 aromatic rings. The van der Waals surface area contributed by atoms with Crippen LogP contribution >= 0.6 is 0 Å². The lowest BCUT2D eigenvalue weighted by atomic mass is 9.87. The van der Waals surface area contributed by atoms with Gasteiger partial charge in [0.05, 0.1) is 11.0 Å². The molecule has 29 heavy (non-hydrogen) atoms. The molecule has 0 N–H and O–H groups in total. The Labute approximate surface area is 168 Å². The lowest BCUT2D eigenvalue weighted by molar-refractivity contribution is -0.384. The van der Waals surface area contributed by atoms with Gasteiger partial charge in [-0.05, 0) is 42.5 Å². The number of benzene rings is 2. The number of esters is 1. The molecule has 0 spiro atoms. The SMILES string of the molecule is CN(C(=O)COC(=O)COc1ccc([N+](=O)[O-])cc1)[C@@H]1CCCc2ccccc21. The van der Waals surface area contributed by atoms with Crippen LogP contribution in [0.2, 0.25) is 0 Å². The van der Waals surface area contributed by atoms with E-state index in [-0.39, 0.29) is 30.9 Å². The van der Waals surface area contributed by atoms with Crippen molar-refractivity contribution in [2.75, 3.05) is 20.3 Å². The number of hydrogen-bond acceptors (Lipinski definition) is 6. The van der Waals surface area contributed by atoms with Gasteiger partial charge in [0.2, 0.25) is 0 Å². The first-order chi connectivity index (χ1) is 14.0. The molecule has 2 aromatic carbocycles. The van der Waals surface area contributed by atoms with E-state index >= 15 is 0 Å². The van der Waals surface area contributed by atoms with E-state index in [1.54, 1.807) is 11.9 Å². The first kappa shape index (κ1) is 20.3. The number of carbonyl (C=O) groups excluding carboxylic acids is 2. The van der Waals surface area contributed by atoms with Gasteiger partial charge in [0, 0.05) is 19.2 Å². The van der Waals surface area contributed by atoms with Crippen LogP contribution in [0.1, 0.15) is 30.0 Å². The second-order valence-electron chi connectivity index (χ2n) is 6.81. The molecule has 0 saturated heterocycles. The highest BCUT2D eigenvalue weighted by molar-refractivity contribution is 5.81. The summed E-state index contributed by atoms with van der Waals surface area (Å²) in [6.45, 7) is -0.751. The molecule has 0 aromatic heterocycles. The fraction of sp³-hybridized carbons (Fsp3) is 0.333. The third-order valence-electron chi connectivity index (χ3n) is 4.96. The smallest absolute Gasteiger partial charge is 0.344 e. The highest BCUT2D eigenvalue weighted by Crippen LogP contribution is 2.33. The standard InChI is InChI=1S/C21H22N2O6/c1-22(19-8-4-6-15-5-2-3-7-18(15)19)20(24)13-29-21(25)14-28-17-11-9-16(10-12-17)23(26)27/h2-3,5,7,9-12,19H,4,6,8,13-14H2,1H3/t19-/m1/s1. The number of likely N-dealkylation sites (N-methyl/N-ethyl adjacent to an activating group) is 1. The van der Waals surface area contributed by atoms with Gasteiger partial charge in [-0.2, -0.15) is 0 Å². The molecular formula is C21H22N2O6. The van der Waals surface area contributed by atoms with E-state index in [0.717, 1.165) is 24.8 Å².